The molecule has 0 spiro atoms. The first-order chi connectivity index (χ1) is 10.4. The molecular formula is C17H14F3NO. The highest BCUT2D eigenvalue weighted by atomic mass is 19.4. The zero-order chi connectivity index (χ0) is 16.2. The lowest BCUT2D eigenvalue weighted by Crippen LogP contribution is -2.10. The van der Waals surface area contributed by atoms with Crippen LogP contribution in [0.5, 0.6) is 0 Å². The van der Waals surface area contributed by atoms with Crippen molar-refractivity contribution in [2.75, 3.05) is 5.32 Å². The van der Waals surface area contributed by atoms with Crippen LogP contribution in [0, 0.1) is 0 Å². The summed E-state index contributed by atoms with van der Waals surface area (Å²) < 4.78 is 38.3. The van der Waals surface area contributed by atoms with Gasteiger partial charge in [-0.05, 0) is 23.3 Å². The maximum Gasteiger partial charge on any atom is 0.416 e. The van der Waals surface area contributed by atoms with Gasteiger partial charge in [-0.15, -0.1) is 0 Å². The molecule has 1 N–H and O–H groups in total. The number of anilines is 1. The molecule has 2 aromatic rings. The summed E-state index contributed by atoms with van der Waals surface area (Å²) in [6.45, 7) is 1.25. The van der Waals surface area contributed by atoms with E-state index in [2.05, 4.69) is 5.32 Å². The Morgan fingerprint density at radius 1 is 1.05 bits per heavy atom. The summed E-state index contributed by atoms with van der Waals surface area (Å²) in [6.07, 6.45) is -1.01. The normalized spacial score (nSPS) is 11.6. The molecule has 0 fully saturated rings. The first-order valence-corrected chi connectivity index (χ1v) is 6.58. The molecule has 0 radical (unpaired) electrons. The fourth-order valence-corrected chi connectivity index (χ4v) is 1.93. The molecule has 2 aromatic carbocycles. The van der Waals surface area contributed by atoms with Gasteiger partial charge in [0.15, 0.2) is 0 Å². The summed E-state index contributed by atoms with van der Waals surface area (Å²) in [4.78, 5) is 11.2. The van der Waals surface area contributed by atoms with E-state index in [1.54, 1.807) is 12.2 Å². The first kappa shape index (κ1) is 15.8. The molecule has 2 nitrogen and oxygen atoms in total. The van der Waals surface area contributed by atoms with E-state index in [0.717, 1.165) is 17.7 Å². The quantitative estimate of drug-likeness (QED) is 0.808. The van der Waals surface area contributed by atoms with Gasteiger partial charge in [0.1, 0.15) is 0 Å². The molecule has 22 heavy (non-hydrogen) atoms. The number of hydrogen-bond donors (Lipinski definition) is 1. The summed E-state index contributed by atoms with van der Waals surface area (Å²) in [6, 6.07) is 12.6. The lowest BCUT2D eigenvalue weighted by Gasteiger charge is -2.12. The van der Waals surface area contributed by atoms with Crippen LogP contribution in [-0.4, -0.2) is 5.91 Å². The molecule has 0 aliphatic carbocycles. The van der Waals surface area contributed by atoms with Gasteiger partial charge in [0.05, 0.1) is 5.56 Å². The number of carbonyl (C=O) groups excluding carboxylic acids is 1. The fourth-order valence-electron chi connectivity index (χ4n) is 1.93. The molecule has 0 heterocycles. The van der Waals surface area contributed by atoms with Crippen LogP contribution in [-0.2, 0) is 11.0 Å². The molecule has 114 valence electrons. The number of amides is 1. The van der Waals surface area contributed by atoms with E-state index < -0.39 is 17.6 Å². The topological polar surface area (TPSA) is 29.1 Å². The van der Waals surface area contributed by atoms with Crippen LogP contribution in [0.25, 0.3) is 12.2 Å². The minimum Gasteiger partial charge on any atom is -0.326 e. The van der Waals surface area contributed by atoms with Crippen molar-refractivity contribution in [1.29, 1.82) is 0 Å². The van der Waals surface area contributed by atoms with Crippen molar-refractivity contribution in [3.05, 3.63) is 65.2 Å². The Bertz CT molecular complexity index is 691. The molecule has 2 rings (SSSR count). The molecule has 0 bridgehead atoms. The van der Waals surface area contributed by atoms with Crippen molar-refractivity contribution in [3.63, 3.8) is 0 Å². The number of carbonyl (C=O) groups is 1. The third-order valence-corrected chi connectivity index (χ3v) is 2.95. The number of nitrogens with one attached hydrogen (secondary N) is 1. The first-order valence-electron chi connectivity index (χ1n) is 6.58. The second kappa shape index (κ2) is 6.47. The van der Waals surface area contributed by atoms with E-state index in [1.165, 1.54) is 13.0 Å². The van der Waals surface area contributed by atoms with E-state index >= 15 is 0 Å². The summed E-state index contributed by atoms with van der Waals surface area (Å²) in [5.74, 6) is -0.423. The fraction of sp³-hybridized carbons (Fsp3) is 0.118. The van der Waals surface area contributed by atoms with Gasteiger partial charge in [-0.3, -0.25) is 4.79 Å². The third-order valence-electron chi connectivity index (χ3n) is 2.95. The van der Waals surface area contributed by atoms with Gasteiger partial charge in [-0.2, -0.15) is 13.2 Å². The Morgan fingerprint density at radius 2 is 1.73 bits per heavy atom. The average Bonchev–Trinajstić information content (AvgIpc) is 2.45. The molecule has 1 amide bonds. The predicted molar refractivity (Wildman–Crippen MR) is 81.1 cm³/mol. The van der Waals surface area contributed by atoms with Crippen molar-refractivity contribution < 1.29 is 18.0 Å². The van der Waals surface area contributed by atoms with Gasteiger partial charge in [0, 0.05) is 12.6 Å². The molecule has 0 aliphatic rings. The van der Waals surface area contributed by atoms with Gasteiger partial charge < -0.3 is 5.32 Å². The van der Waals surface area contributed by atoms with Crippen LogP contribution in [0.15, 0.2) is 48.5 Å². The van der Waals surface area contributed by atoms with Crippen molar-refractivity contribution in [3.8, 4) is 0 Å². The monoisotopic (exact) mass is 305 g/mol. The molecule has 0 aromatic heterocycles. The highest BCUT2D eigenvalue weighted by Crippen LogP contribution is 2.32. The minimum absolute atomic E-state index is 0.134. The Balaban J connectivity index is 2.37. The molecule has 0 saturated heterocycles. The summed E-state index contributed by atoms with van der Waals surface area (Å²) in [5.41, 5.74) is 0.755. The summed E-state index contributed by atoms with van der Waals surface area (Å²) >= 11 is 0. The van der Waals surface area contributed by atoms with E-state index in [1.807, 2.05) is 30.3 Å². The molecule has 0 aliphatic heterocycles. The standard InChI is InChI=1S/C17H14F3NO/c1-12(22)21-16-11-15(17(18,19)20)10-9-14(16)8-7-13-5-3-2-4-6-13/h2-11H,1H3,(H,21,22)/b8-7+. The third kappa shape index (κ3) is 4.22. The largest absolute Gasteiger partial charge is 0.416 e. The lowest BCUT2D eigenvalue weighted by atomic mass is 10.1. The highest BCUT2D eigenvalue weighted by Gasteiger charge is 2.30. The van der Waals surface area contributed by atoms with E-state index in [4.69, 9.17) is 0 Å². The SMILES string of the molecule is CC(=O)Nc1cc(C(F)(F)F)ccc1/C=C/c1ccccc1. The maximum atomic E-state index is 12.8. The zero-order valence-electron chi connectivity index (χ0n) is 11.8. The highest BCUT2D eigenvalue weighted by molar-refractivity contribution is 5.92. The van der Waals surface area contributed by atoms with E-state index in [-0.39, 0.29) is 5.69 Å². The number of benzene rings is 2. The van der Waals surface area contributed by atoms with E-state index in [0.29, 0.717) is 5.56 Å². The molecule has 0 saturated carbocycles. The molecule has 0 unspecified atom stereocenters. The Hall–Kier alpha value is -2.56. The second-order valence-corrected chi connectivity index (χ2v) is 4.72. The van der Waals surface area contributed by atoms with Crippen LogP contribution in [0.2, 0.25) is 0 Å². The predicted octanol–water partition coefficient (Wildman–Crippen LogP) is 4.83. The van der Waals surface area contributed by atoms with E-state index in [9.17, 15) is 18.0 Å². The van der Waals surface area contributed by atoms with Crippen molar-refractivity contribution in [2.45, 2.75) is 13.1 Å². The molecular weight excluding hydrogens is 291 g/mol. The minimum atomic E-state index is -4.45. The number of alkyl halides is 3. The Labute approximate surface area is 126 Å². The smallest absolute Gasteiger partial charge is 0.326 e. The summed E-state index contributed by atoms with van der Waals surface area (Å²) in [7, 11) is 0. The van der Waals surface area contributed by atoms with Gasteiger partial charge in [-0.1, -0.05) is 48.6 Å². The zero-order valence-corrected chi connectivity index (χ0v) is 11.8. The van der Waals surface area contributed by atoms with Gasteiger partial charge in [-0.25, -0.2) is 0 Å². The van der Waals surface area contributed by atoms with Crippen LogP contribution in [0.3, 0.4) is 0 Å². The van der Waals surface area contributed by atoms with Crippen LogP contribution in [0.1, 0.15) is 23.6 Å². The van der Waals surface area contributed by atoms with Crippen molar-refractivity contribution in [1.82, 2.24) is 0 Å². The van der Waals surface area contributed by atoms with Crippen molar-refractivity contribution in [2.24, 2.45) is 0 Å². The van der Waals surface area contributed by atoms with Gasteiger partial charge in [0.2, 0.25) is 5.91 Å². The number of halogens is 3. The van der Waals surface area contributed by atoms with Crippen LogP contribution in [0.4, 0.5) is 18.9 Å². The number of hydrogen-bond acceptors (Lipinski definition) is 1. The maximum absolute atomic E-state index is 12.8. The second-order valence-electron chi connectivity index (χ2n) is 4.72. The van der Waals surface area contributed by atoms with Gasteiger partial charge in [0.25, 0.3) is 0 Å². The number of rotatable bonds is 3. The van der Waals surface area contributed by atoms with Crippen LogP contribution >= 0.6 is 0 Å². The van der Waals surface area contributed by atoms with Gasteiger partial charge >= 0.3 is 6.18 Å². The average molecular weight is 305 g/mol. The summed E-state index contributed by atoms with van der Waals surface area (Å²) in [5, 5.41) is 2.43. The van der Waals surface area contributed by atoms with Crippen molar-refractivity contribution >= 4 is 23.7 Å². The Morgan fingerprint density at radius 3 is 2.32 bits per heavy atom. The lowest BCUT2D eigenvalue weighted by molar-refractivity contribution is -0.137. The Kier molecular flexibility index (Phi) is 4.65. The molecule has 5 heteroatoms. The molecule has 0 atom stereocenters. The van der Waals surface area contributed by atoms with Crippen LogP contribution < -0.4 is 5.32 Å².